The minimum absolute atomic E-state index is 0.192. The molecule has 23 heavy (non-hydrogen) atoms. The molecule has 0 fully saturated rings. The number of nitrogens with zero attached hydrogens (tertiary/aromatic N) is 1. The second kappa shape index (κ2) is 5.57. The van der Waals surface area contributed by atoms with Crippen LogP contribution in [0.25, 0.3) is 0 Å². The van der Waals surface area contributed by atoms with Crippen molar-refractivity contribution in [2.24, 2.45) is 0 Å². The van der Waals surface area contributed by atoms with Crippen LogP contribution in [0, 0.1) is 0 Å². The van der Waals surface area contributed by atoms with Crippen molar-refractivity contribution in [1.29, 1.82) is 0 Å². The molecule has 0 aromatic heterocycles. The number of nitrogen functional groups attached to an aromatic ring is 1. The fraction of sp³-hybridized carbons (Fsp3) is 0.118. The highest BCUT2D eigenvalue weighted by atomic mass is 16.5. The molecule has 0 saturated carbocycles. The zero-order valence-corrected chi connectivity index (χ0v) is 12.4. The van der Waals surface area contributed by atoms with Crippen LogP contribution in [0.4, 0.5) is 11.4 Å². The van der Waals surface area contributed by atoms with Gasteiger partial charge in [-0.05, 0) is 49.4 Å². The van der Waals surface area contributed by atoms with Gasteiger partial charge in [0.15, 0.2) is 0 Å². The van der Waals surface area contributed by atoms with Crippen LogP contribution < -0.4 is 10.6 Å². The Morgan fingerprint density at radius 2 is 1.70 bits per heavy atom. The van der Waals surface area contributed by atoms with E-state index < -0.39 is 17.8 Å². The molecule has 0 saturated heterocycles. The highest BCUT2D eigenvalue weighted by Gasteiger charge is 2.37. The minimum atomic E-state index is -0.526. The Hall–Kier alpha value is -3.15. The van der Waals surface area contributed by atoms with Gasteiger partial charge in [-0.1, -0.05) is 0 Å². The third kappa shape index (κ3) is 2.44. The summed E-state index contributed by atoms with van der Waals surface area (Å²) < 4.78 is 4.91. The van der Waals surface area contributed by atoms with Crippen LogP contribution in [0.2, 0.25) is 0 Å². The number of nitrogens with two attached hydrogens (primary N) is 1. The third-order valence-electron chi connectivity index (χ3n) is 3.55. The normalized spacial score (nSPS) is 13.2. The van der Waals surface area contributed by atoms with Crippen LogP contribution >= 0.6 is 0 Å². The van der Waals surface area contributed by atoms with Crippen LogP contribution in [0.15, 0.2) is 42.5 Å². The lowest BCUT2D eigenvalue weighted by molar-refractivity contribution is 0.0526. The topological polar surface area (TPSA) is 89.7 Å². The number of benzene rings is 2. The predicted molar refractivity (Wildman–Crippen MR) is 84.4 cm³/mol. The molecule has 2 aromatic carbocycles. The number of carbonyl (C=O) groups is 3. The van der Waals surface area contributed by atoms with Gasteiger partial charge in [0.05, 0.1) is 29.0 Å². The van der Waals surface area contributed by atoms with Gasteiger partial charge in [-0.2, -0.15) is 0 Å². The molecule has 0 radical (unpaired) electrons. The summed E-state index contributed by atoms with van der Waals surface area (Å²) >= 11 is 0. The average molecular weight is 310 g/mol. The molecule has 1 aliphatic heterocycles. The van der Waals surface area contributed by atoms with Crippen LogP contribution in [-0.4, -0.2) is 24.4 Å². The molecule has 0 bridgehead atoms. The molecule has 116 valence electrons. The van der Waals surface area contributed by atoms with Crippen molar-refractivity contribution in [1.82, 2.24) is 0 Å². The predicted octanol–water partition coefficient (Wildman–Crippen LogP) is 2.25. The Labute approximate surface area is 132 Å². The van der Waals surface area contributed by atoms with E-state index in [1.54, 1.807) is 31.2 Å². The first-order chi connectivity index (χ1) is 11.0. The monoisotopic (exact) mass is 310 g/mol. The fourth-order valence-corrected chi connectivity index (χ4v) is 2.44. The second-order valence-corrected chi connectivity index (χ2v) is 5.02. The lowest BCUT2D eigenvalue weighted by Gasteiger charge is -2.13. The van der Waals surface area contributed by atoms with Gasteiger partial charge in [-0.25, -0.2) is 9.69 Å². The molecule has 2 aromatic rings. The van der Waals surface area contributed by atoms with E-state index in [1.807, 2.05) is 0 Å². The highest BCUT2D eigenvalue weighted by Crippen LogP contribution is 2.29. The van der Waals surface area contributed by atoms with Crippen LogP contribution in [0.3, 0.4) is 0 Å². The molecule has 0 atom stereocenters. The Bertz CT molecular complexity index is 812. The van der Waals surface area contributed by atoms with Crippen LogP contribution in [0.1, 0.15) is 38.0 Å². The highest BCUT2D eigenvalue weighted by molar-refractivity contribution is 6.34. The summed E-state index contributed by atoms with van der Waals surface area (Å²) in [6, 6.07) is 10.8. The molecule has 1 heterocycles. The molecule has 0 unspecified atom stereocenters. The number of carbonyl (C=O) groups excluding carboxylic acids is 3. The number of fused-ring (bicyclic) bond motifs is 1. The van der Waals surface area contributed by atoms with Crippen LogP contribution in [0.5, 0.6) is 0 Å². The van der Waals surface area contributed by atoms with Crippen molar-refractivity contribution in [2.45, 2.75) is 6.92 Å². The SMILES string of the molecule is CCOC(=O)c1ccc2c(c1)C(=O)N(c1ccc(N)cc1)C2=O. The summed E-state index contributed by atoms with van der Waals surface area (Å²) in [4.78, 5) is 37.8. The Morgan fingerprint density at radius 1 is 1.04 bits per heavy atom. The molecule has 3 rings (SSSR count). The van der Waals surface area contributed by atoms with Gasteiger partial charge in [0.2, 0.25) is 0 Å². The fourth-order valence-electron chi connectivity index (χ4n) is 2.44. The maximum Gasteiger partial charge on any atom is 0.338 e. The minimum Gasteiger partial charge on any atom is -0.462 e. The quantitative estimate of drug-likeness (QED) is 0.533. The molecule has 6 nitrogen and oxygen atoms in total. The van der Waals surface area contributed by atoms with E-state index in [9.17, 15) is 14.4 Å². The van der Waals surface area contributed by atoms with Crippen molar-refractivity contribution in [3.8, 4) is 0 Å². The van der Waals surface area contributed by atoms with E-state index in [2.05, 4.69) is 0 Å². The molecule has 1 aliphatic rings. The molecule has 6 heteroatoms. The summed E-state index contributed by atoms with van der Waals surface area (Å²) in [5, 5.41) is 0. The maximum absolute atomic E-state index is 12.5. The number of anilines is 2. The Kier molecular flexibility index (Phi) is 3.57. The lowest BCUT2D eigenvalue weighted by atomic mass is 10.1. The van der Waals surface area contributed by atoms with Crippen LogP contribution in [-0.2, 0) is 4.74 Å². The van der Waals surface area contributed by atoms with Gasteiger partial charge < -0.3 is 10.5 Å². The summed E-state index contributed by atoms with van der Waals surface area (Å²) in [7, 11) is 0. The number of imide groups is 1. The van der Waals surface area contributed by atoms with Crippen molar-refractivity contribution in [2.75, 3.05) is 17.2 Å². The van der Waals surface area contributed by atoms with E-state index in [1.165, 1.54) is 18.2 Å². The van der Waals surface area contributed by atoms with E-state index in [4.69, 9.17) is 10.5 Å². The first-order valence-electron chi connectivity index (χ1n) is 7.08. The smallest absolute Gasteiger partial charge is 0.338 e. The van der Waals surface area contributed by atoms with Gasteiger partial charge in [0.25, 0.3) is 11.8 Å². The zero-order valence-electron chi connectivity index (χ0n) is 12.4. The van der Waals surface area contributed by atoms with Crippen molar-refractivity contribution in [3.05, 3.63) is 59.2 Å². The second-order valence-electron chi connectivity index (χ2n) is 5.02. The number of amides is 2. The van der Waals surface area contributed by atoms with Crippen molar-refractivity contribution in [3.63, 3.8) is 0 Å². The largest absolute Gasteiger partial charge is 0.462 e. The Balaban J connectivity index is 2.00. The summed E-state index contributed by atoms with van der Waals surface area (Å²) in [6.45, 7) is 1.93. The van der Waals surface area contributed by atoms with E-state index >= 15 is 0 Å². The molecule has 0 spiro atoms. The average Bonchev–Trinajstić information content (AvgIpc) is 2.80. The van der Waals surface area contributed by atoms with Gasteiger partial charge >= 0.3 is 5.97 Å². The molecule has 0 aliphatic carbocycles. The van der Waals surface area contributed by atoms with Gasteiger partial charge in [-0.3, -0.25) is 9.59 Å². The van der Waals surface area contributed by atoms with E-state index in [-0.39, 0.29) is 23.3 Å². The summed E-state index contributed by atoms with van der Waals surface area (Å²) in [5.74, 6) is -1.42. The van der Waals surface area contributed by atoms with E-state index in [0.717, 1.165) is 4.90 Å². The molecular formula is C17H14N2O4. The summed E-state index contributed by atoms with van der Waals surface area (Å²) in [6.07, 6.45) is 0. The van der Waals surface area contributed by atoms with Gasteiger partial charge in [0, 0.05) is 5.69 Å². The van der Waals surface area contributed by atoms with E-state index in [0.29, 0.717) is 11.4 Å². The zero-order chi connectivity index (χ0) is 16.6. The maximum atomic E-state index is 12.5. The number of hydrogen-bond donors (Lipinski definition) is 1. The first kappa shape index (κ1) is 14.8. The lowest BCUT2D eigenvalue weighted by Crippen LogP contribution is -2.29. The van der Waals surface area contributed by atoms with Gasteiger partial charge in [-0.15, -0.1) is 0 Å². The molecule has 2 amide bonds. The standard InChI is InChI=1S/C17H14N2O4/c1-2-23-17(22)10-3-8-13-14(9-10)16(21)19(15(13)20)12-6-4-11(18)5-7-12/h3-9H,2,18H2,1H3. The van der Waals surface area contributed by atoms with Crippen molar-refractivity contribution >= 4 is 29.2 Å². The number of ether oxygens (including phenoxy) is 1. The summed E-state index contributed by atoms with van der Waals surface area (Å²) in [5.41, 5.74) is 7.29. The van der Waals surface area contributed by atoms with Gasteiger partial charge in [0.1, 0.15) is 0 Å². The Morgan fingerprint density at radius 3 is 2.35 bits per heavy atom. The third-order valence-corrected chi connectivity index (χ3v) is 3.55. The number of hydrogen-bond acceptors (Lipinski definition) is 5. The number of esters is 1. The number of rotatable bonds is 3. The van der Waals surface area contributed by atoms with Crippen molar-refractivity contribution < 1.29 is 19.1 Å². The molecule has 2 N–H and O–H groups in total. The first-order valence-corrected chi connectivity index (χ1v) is 7.08. The molecular weight excluding hydrogens is 296 g/mol.